The highest BCUT2D eigenvalue weighted by Crippen LogP contribution is 2.26. The van der Waals surface area contributed by atoms with Gasteiger partial charge in [-0.2, -0.15) is 0 Å². The van der Waals surface area contributed by atoms with E-state index >= 15 is 0 Å². The van der Waals surface area contributed by atoms with E-state index in [1.54, 1.807) is 0 Å². The molecular formula is C13H17F2N. The summed E-state index contributed by atoms with van der Waals surface area (Å²) < 4.78 is 25.9. The van der Waals surface area contributed by atoms with Gasteiger partial charge in [0.05, 0.1) is 0 Å². The van der Waals surface area contributed by atoms with Crippen molar-refractivity contribution in [3.05, 3.63) is 29.8 Å². The molecule has 2 rings (SSSR count). The van der Waals surface area contributed by atoms with Crippen LogP contribution in [0.25, 0.3) is 0 Å². The van der Waals surface area contributed by atoms with E-state index in [1.165, 1.54) is 25.0 Å². The lowest BCUT2D eigenvalue weighted by Gasteiger charge is -2.27. The molecule has 0 heterocycles. The van der Waals surface area contributed by atoms with Gasteiger partial charge < -0.3 is 5.32 Å². The Balaban J connectivity index is 1.98. The maximum Gasteiger partial charge on any atom is 0.128 e. The van der Waals surface area contributed by atoms with Crippen molar-refractivity contribution < 1.29 is 8.78 Å². The molecule has 0 amide bonds. The fraction of sp³-hybridized carbons (Fsp3) is 0.538. The highest BCUT2D eigenvalue weighted by molar-refractivity contribution is 5.44. The van der Waals surface area contributed by atoms with Crippen molar-refractivity contribution in [3.8, 4) is 0 Å². The number of rotatable bonds is 2. The van der Waals surface area contributed by atoms with Crippen molar-refractivity contribution in [1.82, 2.24) is 0 Å². The van der Waals surface area contributed by atoms with Crippen LogP contribution in [0, 0.1) is 17.6 Å². The van der Waals surface area contributed by atoms with Gasteiger partial charge in [-0.25, -0.2) is 8.78 Å². The van der Waals surface area contributed by atoms with Crippen LogP contribution in [-0.2, 0) is 0 Å². The largest absolute Gasteiger partial charge is 0.382 e. The van der Waals surface area contributed by atoms with Gasteiger partial charge in [0.2, 0.25) is 0 Å². The Hall–Kier alpha value is -1.12. The molecule has 1 aliphatic rings. The maximum atomic E-state index is 13.0. The normalized spacial score (nSPS) is 25.4. The van der Waals surface area contributed by atoms with E-state index in [0.717, 1.165) is 24.8 Å². The van der Waals surface area contributed by atoms with E-state index in [0.29, 0.717) is 11.7 Å². The van der Waals surface area contributed by atoms with Crippen molar-refractivity contribution in [2.75, 3.05) is 5.32 Å². The minimum absolute atomic E-state index is 0.359. The molecule has 1 aliphatic carbocycles. The first kappa shape index (κ1) is 11.4. The van der Waals surface area contributed by atoms with Gasteiger partial charge in [-0.1, -0.05) is 6.92 Å². The minimum atomic E-state index is -0.522. The number of nitrogens with one attached hydrogen (secondary N) is 1. The first-order valence-corrected chi connectivity index (χ1v) is 5.86. The molecule has 1 aromatic rings. The molecule has 0 saturated heterocycles. The topological polar surface area (TPSA) is 12.0 Å². The highest BCUT2D eigenvalue weighted by atomic mass is 19.1. The van der Waals surface area contributed by atoms with E-state index < -0.39 is 11.6 Å². The van der Waals surface area contributed by atoms with Crippen molar-refractivity contribution >= 4 is 5.69 Å². The summed E-state index contributed by atoms with van der Waals surface area (Å²) in [5.41, 5.74) is 0.553. The lowest BCUT2D eigenvalue weighted by atomic mass is 9.87. The Labute approximate surface area is 94.9 Å². The van der Waals surface area contributed by atoms with Gasteiger partial charge in [-0.05, 0) is 43.7 Å². The average Bonchev–Trinajstić information content (AvgIpc) is 2.20. The fourth-order valence-electron chi connectivity index (χ4n) is 2.28. The van der Waals surface area contributed by atoms with Crippen molar-refractivity contribution in [2.24, 2.45) is 5.92 Å². The molecule has 0 radical (unpaired) electrons. The van der Waals surface area contributed by atoms with Crippen LogP contribution in [0.5, 0.6) is 0 Å². The smallest absolute Gasteiger partial charge is 0.128 e. The van der Waals surface area contributed by atoms with E-state index in [1.807, 2.05) is 0 Å². The summed E-state index contributed by atoms with van der Waals surface area (Å²) in [5.74, 6) is -0.263. The Morgan fingerprint density at radius 2 is 1.56 bits per heavy atom. The third-order valence-corrected chi connectivity index (χ3v) is 3.25. The van der Waals surface area contributed by atoms with E-state index in [-0.39, 0.29) is 0 Å². The summed E-state index contributed by atoms with van der Waals surface area (Å²) in [7, 11) is 0. The molecule has 0 atom stereocenters. The number of benzene rings is 1. The quantitative estimate of drug-likeness (QED) is 0.803. The van der Waals surface area contributed by atoms with Crippen LogP contribution in [-0.4, -0.2) is 6.04 Å². The van der Waals surface area contributed by atoms with Crippen LogP contribution in [0.15, 0.2) is 18.2 Å². The molecule has 0 aromatic heterocycles. The number of hydrogen-bond acceptors (Lipinski definition) is 1. The van der Waals surface area contributed by atoms with Gasteiger partial charge in [0.1, 0.15) is 11.6 Å². The van der Waals surface area contributed by atoms with Gasteiger partial charge in [-0.15, -0.1) is 0 Å². The summed E-state index contributed by atoms with van der Waals surface area (Å²) in [5, 5.41) is 3.20. The minimum Gasteiger partial charge on any atom is -0.382 e. The van der Waals surface area contributed by atoms with Gasteiger partial charge in [0.25, 0.3) is 0 Å². The summed E-state index contributed by atoms with van der Waals surface area (Å²) >= 11 is 0. The lowest BCUT2D eigenvalue weighted by Crippen LogP contribution is -2.25. The van der Waals surface area contributed by atoms with Gasteiger partial charge in [0.15, 0.2) is 0 Å². The molecule has 0 spiro atoms. The SMILES string of the molecule is CC1CCC(Nc2cc(F)cc(F)c2)CC1. The predicted molar refractivity (Wildman–Crippen MR) is 61.4 cm³/mol. The summed E-state index contributed by atoms with van der Waals surface area (Å²) in [6, 6.07) is 3.95. The van der Waals surface area contributed by atoms with E-state index in [2.05, 4.69) is 12.2 Å². The Morgan fingerprint density at radius 1 is 1.00 bits per heavy atom. The lowest BCUT2D eigenvalue weighted by molar-refractivity contribution is 0.361. The van der Waals surface area contributed by atoms with Crippen LogP contribution in [0.4, 0.5) is 14.5 Å². The second-order valence-electron chi connectivity index (χ2n) is 4.76. The Bertz CT molecular complexity index is 337. The molecule has 1 fully saturated rings. The molecule has 0 aliphatic heterocycles. The second kappa shape index (κ2) is 4.81. The molecule has 1 saturated carbocycles. The van der Waals surface area contributed by atoms with E-state index in [9.17, 15) is 8.78 Å². The second-order valence-corrected chi connectivity index (χ2v) is 4.76. The van der Waals surface area contributed by atoms with Crippen LogP contribution < -0.4 is 5.32 Å². The molecule has 0 bridgehead atoms. The first-order valence-electron chi connectivity index (χ1n) is 5.86. The number of anilines is 1. The maximum absolute atomic E-state index is 13.0. The number of hydrogen-bond donors (Lipinski definition) is 1. The monoisotopic (exact) mass is 225 g/mol. The van der Waals surface area contributed by atoms with Crippen LogP contribution in [0.3, 0.4) is 0 Å². The summed E-state index contributed by atoms with van der Waals surface area (Å²) in [6.07, 6.45) is 4.55. The number of halogens is 2. The molecule has 1 aromatic carbocycles. The van der Waals surface area contributed by atoms with Crippen LogP contribution in [0.1, 0.15) is 32.6 Å². The zero-order valence-electron chi connectivity index (χ0n) is 9.47. The molecule has 0 unspecified atom stereocenters. The van der Waals surface area contributed by atoms with Crippen molar-refractivity contribution in [3.63, 3.8) is 0 Å². The summed E-state index contributed by atoms with van der Waals surface area (Å²) in [4.78, 5) is 0. The highest BCUT2D eigenvalue weighted by Gasteiger charge is 2.18. The fourth-order valence-corrected chi connectivity index (χ4v) is 2.28. The zero-order valence-corrected chi connectivity index (χ0v) is 9.47. The van der Waals surface area contributed by atoms with Crippen LogP contribution >= 0.6 is 0 Å². The summed E-state index contributed by atoms with van der Waals surface area (Å²) in [6.45, 7) is 2.25. The van der Waals surface area contributed by atoms with Gasteiger partial charge in [0, 0.05) is 17.8 Å². The van der Waals surface area contributed by atoms with Crippen molar-refractivity contribution in [1.29, 1.82) is 0 Å². The third kappa shape index (κ3) is 2.94. The average molecular weight is 225 g/mol. The molecule has 88 valence electrons. The predicted octanol–water partition coefficient (Wildman–Crippen LogP) is 3.96. The van der Waals surface area contributed by atoms with Crippen molar-refractivity contribution in [2.45, 2.75) is 38.6 Å². The Kier molecular flexibility index (Phi) is 3.42. The standard InChI is InChI=1S/C13H17F2N/c1-9-2-4-12(5-3-9)16-13-7-10(14)6-11(15)8-13/h6-9,12,16H,2-5H2,1H3. The zero-order chi connectivity index (χ0) is 11.5. The molecule has 1 N–H and O–H groups in total. The third-order valence-electron chi connectivity index (χ3n) is 3.25. The molecule has 16 heavy (non-hydrogen) atoms. The molecular weight excluding hydrogens is 208 g/mol. The van der Waals surface area contributed by atoms with Crippen LogP contribution in [0.2, 0.25) is 0 Å². The molecule has 3 heteroatoms. The first-order chi connectivity index (χ1) is 7.63. The van der Waals surface area contributed by atoms with Gasteiger partial charge >= 0.3 is 0 Å². The van der Waals surface area contributed by atoms with Gasteiger partial charge in [-0.3, -0.25) is 0 Å². The molecule has 1 nitrogen and oxygen atoms in total. The van der Waals surface area contributed by atoms with E-state index in [4.69, 9.17) is 0 Å². The Morgan fingerprint density at radius 3 is 2.12 bits per heavy atom.